The lowest BCUT2D eigenvalue weighted by atomic mass is 9.97. The van der Waals surface area contributed by atoms with Crippen LogP contribution in [0.3, 0.4) is 0 Å². The Morgan fingerprint density at radius 2 is 1.36 bits per heavy atom. The molecule has 0 heterocycles. The van der Waals surface area contributed by atoms with Crippen molar-refractivity contribution in [2.45, 2.75) is 38.9 Å². The van der Waals surface area contributed by atoms with Crippen LogP contribution in [0.25, 0.3) is 0 Å². The molecule has 3 heteroatoms. The Morgan fingerprint density at radius 1 is 0.955 bits per heavy atom. The third kappa shape index (κ3) is 4.18. The lowest BCUT2D eigenvalue weighted by Gasteiger charge is -2.31. The first kappa shape index (κ1) is 16.2. The summed E-state index contributed by atoms with van der Waals surface area (Å²) >= 11 is 0. The monoisotopic (exact) mass is 296 g/mol. The maximum atomic E-state index is 12.8. The third-order valence-electron chi connectivity index (χ3n) is 3.94. The van der Waals surface area contributed by atoms with Crippen LogP contribution in [-0.4, -0.2) is 16.3 Å². The number of carbonyl (C=O) groups is 1. The molecule has 22 heavy (non-hydrogen) atoms. The van der Waals surface area contributed by atoms with E-state index in [1.807, 2.05) is 72.5 Å². The predicted octanol–water partition coefficient (Wildman–Crippen LogP) is 3.34. The Hall–Kier alpha value is -2.13. The summed E-state index contributed by atoms with van der Waals surface area (Å²) in [6.07, 6.45) is 0.617. The van der Waals surface area contributed by atoms with Crippen LogP contribution < -0.4 is 5.73 Å². The van der Waals surface area contributed by atoms with Crippen molar-refractivity contribution in [1.29, 1.82) is 0 Å². The minimum Gasteiger partial charge on any atom is -0.332 e. The molecule has 0 saturated carbocycles. The molecule has 3 nitrogen and oxygen atoms in total. The van der Waals surface area contributed by atoms with Crippen LogP contribution in [0.15, 0.2) is 60.7 Å². The molecule has 0 saturated heterocycles. The first-order chi connectivity index (χ1) is 10.5. The molecule has 2 rings (SSSR count). The number of nitrogens with two attached hydrogens (primary N) is 1. The van der Waals surface area contributed by atoms with Crippen molar-refractivity contribution in [2.24, 2.45) is 5.73 Å². The van der Waals surface area contributed by atoms with E-state index in [2.05, 4.69) is 0 Å². The van der Waals surface area contributed by atoms with E-state index in [4.69, 9.17) is 5.73 Å². The fraction of sp³-hybridized carbons (Fsp3) is 0.316. The van der Waals surface area contributed by atoms with E-state index < -0.39 is 5.54 Å². The molecule has 0 spiro atoms. The van der Waals surface area contributed by atoms with Gasteiger partial charge < -0.3 is 10.6 Å². The minimum absolute atomic E-state index is 0.0114. The lowest BCUT2D eigenvalue weighted by molar-refractivity contribution is -0.137. The van der Waals surface area contributed by atoms with Crippen molar-refractivity contribution in [1.82, 2.24) is 4.90 Å². The van der Waals surface area contributed by atoms with Gasteiger partial charge in [-0.2, -0.15) is 0 Å². The number of hydrogen-bond acceptors (Lipinski definition) is 2. The molecule has 0 aliphatic rings. The highest BCUT2D eigenvalue weighted by molar-refractivity contribution is 5.85. The molecule has 0 aliphatic heterocycles. The maximum Gasteiger partial charge on any atom is 0.242 e. The summed E-state index contributed by atoms with van der Waals surface area (Å²) < 4.78 is 0. The van der Waals surface area contributed by atoms with Gasteiger partial charge in [-0.15, -0.1) is 0 Å². The maximum absolute atomic E-state index is 12.8. The minimum atomic E-state index is -0.830. The van der Waals surface area contributed by atoms with E-state index in [-0.39, 0.29) is 5.91 Å². The standard InChI is InChI=1S/C19H24N2O/c1-3-19(2,20)18(22)21(14-16-10-6-4-7-11-16)15-17-12-8-5-9-13-17/h4-13H,3,14-15,20H2,1-2H3. The van der Waals surface area contributed by atoms with E-state index in [1.165, 1.54) is 0 Å². The van der Waals surface area contributed by atoms with E-state index >= 15 is 0 Å². The summed E-state index contributed by atoms with van der Waals surface area (Å²) in [6.45, 7) is 4.89. The van der Waals surface area contributed by atoms with Gasteiger partial charge in [0.25, 0.3) is 0 Å². The fourth-order valence-electron chi connectivity index (χ4n) is 2.32. The smallest absolute Gasteiger partial charge is 0.242 e. The van der Waals surface area contributed by atoms with Crippen LogP contribution in [0.2, 0.25) is 0 Å². The highest BCUT2D eigenvalue weighted by atomic mass is 16.2. The first-order valence-electron chi connectivity index (χ1n) is 7.69. The molecule has 0 radical (unpaired) electrons. The number of hydrogen-bond donors (Lipinski definition) is 1. The van der Waals surface area contributed by atoms with Crippen LogP contribution in [0.5, 0.6) is 0 Å². The number of nitrogens with zero attached hydrogens (tertiary/aromatic N) is 1. The van der Waals surface area contributed by atoms with Crippen molar-refractivity contribution >= 4 is 5.91 Å². The third-order valence-corrected chi connectivity index (χ3v) is 3.94. The summed E-state index contributed by atoms with van der Waals surface area (Å²) in [5.41, 5.74) is 7.57. The van der Waals surface area contributed by atoms with Gasteiger partial charge >= 0.3 is 0 Å². The van der Waals surface area contributed by atoms with Crippen molar-refractivity contribution in [3.05, 3.63) is 71.8 Å². The number of carbonyl (C=O) groups excluding carboxylic acids is 1. The number of amides is 1. The Kier molecular flexibility index (Phi) is 5.34. The predicted molar refractivity (Wildman–Crippen MR) is 90.0 cm³/mol. The first-order valence-corrected chi connectivity index (χ1v) is 7.69. The second kappa shape index (κ2) is 7.23. The van der Waals surface area contributed by atoms with Gasteiger partial charge in [0.1, 0.15) is 0 Å². The largest absolute Gasteiger partial charge is 0.332 e. The van der Waals surface area contributed by atoms with Crippen LogP contribution >= 0.6 is 0 Å². The van der Waals surface area contributed by atoms with Crippen molar-refractivity contribution in [3.8, 4) is 0 Å². The molecule has 1 amide bonds. The van der Waals surface area contributed by atoms with Gasteiger partial charge in [-0.05, 0) is 24.5 Å². The van der Waals surface area contributed by atoms with Crippen molar-refractivity contribution < 1.29 is 4.79 Å². The Balaban J connectivity index is 2.22. The van der Waals surface area contributed by atoms with Crippen LogP contribution in [0, 0.1) is 0 Å². The Morgan fingerprint density at radius 3 is 1.73 bits per heavy atom. The zero-order chi connectivity index (χ0) is 16.0. The zero-order valence-electron chi connectivity index (χ0n) is 13.3. The summed E-state index contributed by atoms with van der Waals surface area (Å²) in [5.74, 6) is -0.0114. The Bertz CT molecular complexity index is 552. The van der Waals surface area contributed by atoms with E-state index in [0.29, 0.717) is 19.5 Å². The summed E-state index contributed by atoms with van der Waals surface area (Å²) in [5, 5.41) is 0. The van der Waals surface area contributed by atoms with Gasteiger partial charge in [-0.1, -0.05) is 67.6 Å². The van der Waals surface area contributed by atoms with Crippen LogP contribution in [0.1, 0.15) is 31.4 Å². The molecule has 116 valence electrons. The number of benzene rings is 2. The van der Waals surface area contributed by atoms with Gasteiger partial charge in [0.05, 0.1) is 5.54 Å². The van der Waals surface area contributed by atoms with E-state index in [1.54, 1.807) is 6.92 Å². The Labute approximate surface area is 132 Å². The molecule has 0 aliphatic carbocycles. The summed E-state index contributed by atoms with van der Waals surface area (Å²) in [4.78, 5) is 14.6. The van der Waals surface area contributed by atoms with E-state index in [0.717, 1.165) is 11.1 Å². The topological polar surface area (TPSA) is 46.3 Å². The average Bonchev–Trinajstić information content (AvgIpc) is 2.55. The molecule has 1 unspecified atom stereocenters. The fourth-order valence-corrected chi connectivity index (χ4v) is 2.32. The molecule has 0 aromatic heterocycles. The average molecular weight is 296 g/mol. The molecule has 2 aromatic rings. The zero-order valence-corrected chi connectivity index (χ0v) is 13.3. The summed E-state index contributed by atoms with van der Waals surface area (Å²) in [6, 6.07) is 20.0. The van der Waals surface area contributed by atoms with Crippen molar-refractivity contribution in [3.63, 3.8) is 0 Å². The van der Waals surface area contributed by atoms with Crippen molar-refractivity contribution in [2.75, 3.05) is 0 Å². The molecular weight excluding hydrogens is 272 g/mol. The molecule has 0 bridgehead atoms. The normalized spacial score (nSPS) is 13.4. The molecule has 2 aromatic carbocycles. The van der Waals surface area contributed by atoms with Gasteiger partial charge in [-0.25, -0.2) is 0 Å². The molecule has 2 N–H and O–H groups in total. The van der Waals surface area contributed by atoms with Crippen LogP contribution in [-0.2, 0) is 17.9 Å². The van der Waals surface area contributed by atoms with Gasteiger partial charge in [-0.3, -0.25) is 4.79 Å². The molecule has 0 fully saturated rings. The summed E-state index contributed by atoms with van der Waals surface area (Å²) in [7, 11) is 0. The second-order valence-corrected chi connectivity index (χ2v) is 5.90. The van der Waals surface area contributed by atoms with Gasteiger partial charge in [0.15, 0.2) is 0 Å². The number of rotatable bonds is 6. The SMILES string of the molecule is CCC(C)(N)C(=O)N(Cc1ccccc1)Cc1ccccc1. The lowest BCUT2D eigenvalue weighted by Crippen LogP contribution is -2.52. The van der Waals surface area contributed by atoms with E-state index in [9.17, 15) is 4.79 Å². The van der Waals surface area contributed by atoms with Gasteiger partial charge in [0.2, 0.25) is 5.91 Å². The molecular formula is C19H24N2O. The highest BCUT2D eigenvalue weighted by Crippen LogP contribution is 2.16. The highest BCUT2D eigenvalue weighted by Gasteiger charge is 2.30. The van der Waals surface area contributed by atoms with Crippen LogP contribution in [0.4, 0.5) is 0 Å². The second-order valence-electron chi connectivity index (χ2n) is 5.90. The molecule has 1 atom stereocenters. The quantitative estimate of drug-likeness (QED) is 0.888. The van der Waals surface area contributed by atoms with Gasteiger partial charge in [0, 0.05) is 13.1 Å².